The van der Waals surface area contributed by atoms with Crippen molar-refractivity contribution in [1.29, 1.82) is 0 Å². The molecule has 2 rings (SSSR count). The quantitative estimate of drug-likeness (QED) is 0.745. The standard InChI is InChI=1S/C13H18BrClN2O2S/c1-2-5-11-6-3-4-7-17(11)20(18,19)12-8-10(14)9-16-13(12)15/h8-9,11H,2-7H2,1H3. The molecule has 4 nitrogen and oxygen atoms in total. The van der Waals surface area contributed by atoms with Crippen molar-refractivity contribution in [3.63, 3.8) is 0 Å². The van der Waals surface area contributed by atoms with Crippen LogP contribution in [0.2, 0.25) is 5.15 Å². The number of aromatic nitrogens is 1. The number of pyridine rings is 1. The van der Waals surface area contributed by atoms with Crippen molar-refractivity contribution in [2.45, 2.75) is 50.0 Å². The summed E-state index contributed by atoms with van der Waals surface area (Å²) in [5.41, 5.74) is 0. The van der Waals surface area contributed by atoms with Crippen LogP contribution in [0, 0.1) is 0 Å². The topological polar surface area (TPSA) is 50.3 Å². The van der Waals surface area contributed by atoms with E-state index in [0.29, 0.717) is 11.0 Å². The minimum atomic E-state index is -3.58. The number of nitrogens with zero attached hydrogens (tertiary/aromatic N) is 2. The summed E-state index contributed by atoms with van der Waals surface area (Å²) in [6.45, 7) is 2.64. The Morgan fingerprint density at radius 1 is 1.50 bits per heavy atom. The Hall–Kier alpha value is -0.170. The van der Waals surface area contributed by atoms with Crippen LogP contribution in [0.5, 0.6) is 0 Å². The first-order valence-electron chi connectivity index (χ1n) is 6.79. The molecule has 7 heteroatoms. The van der Waals surface area contributed by atoms with Crippen molar-refractivity contribution < 1.29 is 8.42 Å². The van der Waals surface area contributed by atoms with E-state index in [1.54, 1.807) is 4.31 Å². The lowest BCUT2D eigenvalue weighted by Crippen LogP contribution is -2.43. The van der Waals surface area contributed by atoms with Crippen molar-refractivity contribution in [2.24, 2.45) is 0 Å². The van der Waals surface area contributed by atoms with E-state index in [0.717, 1.165) is 32.1 Å². The van der Waals surface area contributed by atoms with Crippen LogP contribution >= 0.6 is 27.5 Å². The summed E-state index contributed by atoms with van der Waals surface area (Å²) in [5, 5.41) is 0.0361. The summed E-state index contributed by atoms with van der Waals surface area (Å²) in [6, 6.07) is 1.61. The summed E-state index contributed by atoms with van der Waals surface area (Å²) in [6.07, 6.45) is 6.27. The van der Waals surface area contributed by atoms with E-state index in [-0.39, 0.29) is 16.1 Å². The fourth-order valence-corrected chi connectivity index (χ4v) is 5.27. The molecule has 20 heavy (non-hydrogen) atoms. The van der Waals surface area contributed by atoms with Gasteiger partial charge in [-0.15, -0.1) is 0 Å². The highest BCUT2D eigenvalue weighted by atomic mass is 79.9. The number of hydrogen-bond donors (Lipinski definition) is 0. The van der Waals surface area contributed by atoms with E-state index in [4.69, 9.17) is 11.6 Å². The van der Waals surface area contributed by atoms with Crippen LogP contribution in [0.1, 0.15) is 39.0 Å². The van der Waals surface area contributed by atoms with Gasteiger partial charge in [0.25, 0.3) is 0 Å². The van der Waals surface area contributed by atoms with E-state index < -0.39 is 10.0 Å². The molecule has 0 saturated carbocycles. The number of piperidine rings is 1. The number of hydrogen-bond acceptors (Lipinski definition) is 3. The molecule has 1 aromatic rings. The van der Waals surface area contributed by atoms with E-state index in [9.17, 15) is 8.42 Å². The monoisotopic (exact) mass is 380 g/mol. The average Bonchev–Trinajstić information content (AvgIpc) is 2.42. The number of rotatable bonds is 4. The van der Waals surface area contributed by atoms with Gasteiger partial charge >= 0.3 is 0 Å². The summed E-state index contributed by atoms with van der Waals surface area (Å²) in [5.74, 6) is 0. The van der Waals surface area contributed by atoms with Crippen molar-refractivity contribution >= 4 is 37.6 Å². The van der Waals surface area contributed by atoms with Crippen LogP contribution in [-0.2, 0) is 10.0 Å². The van der Waals surface area contributed by atoms with Gasteiger partial charge in [0.15, 0.2) is 0 Å². The lowest BCUT2D eigenvalue weighted by Gasteiger charge is -2.34. The second kappa shape index (κ2) is 6.73. The van der Waals surface area contributed by atoms with Gasteiger partial charge in [0.2, 0.25) is 10.0 Å². The molecular formula is C13H18BrClN2O2S. The fourth-order valence-electron chi connectivity index (χ4n) is 2.62. The van der Waals surface area contributed by atoms with Gasteiger partial charge in [0.05, 0.1) is 0 Å². The van der Waals surface area contributed by atoms with Crippen molar-refractivity contribution in [2.75, 3.05) is 6.54 Å². The van der Waals surface area contributed by atoms with Crippen LogP contribution in [0.4, 0.5) is 0 Å². The first-order chi connectivity index (χ1) is 9.46. The molecule has 0 amide bonds. The molecule has 2 heterocycles. The van der Waals surface area contributed by atoms with Crippen LogP contribution < -0.4 is 0 Å². The molecule has 1 unspecified atom stereocenters. The smallest absolute Gasteiger partial charge is 0.242 e. The molecule has 1 aromatic heterocycles. The minimum absolute atomic E-state index is 0.0361. The van der Waals surface area contributed by atoms with Gasteiger partial charge in [-0.05, 0) is 41.3 Å². The molecule has 1 aliphatic heterocycles. The first-order valence-corrected chi connectivity index (χ1v) is 9.40. The third kappa shape index (κ3) is 3.35. The molecule has 0 radical (unpaired) electrons. The molecular weight excluding hydrogens is 364 g/mol. The molecule has 0 aliphatic carbocycles. The second-order valence-electron chi connectivity index (χ2n) is 5.00. The third-order valence-corrected chi connectivity index (χ3v) is 6.37. The van der Waals surface area contributed by atoms with Gasteiger partial charge in [-0.2, -0.15) is 4.31 Å². The van der Waals surface area contributed by atoms with E-state index in [2.05, 4.69) is 27.8 Å². The predicted molar refractivity (Wildman–Crippen MR) is 83.4 cm³/mol. The summed E-state index contributed by atoms with van der Waals surface area (Å²) in [7, 11) is -3.58. The third-order valence-electron chi connectivity index (χ3n) is 3.56. The highest BCUT2D eigenvalue weighted by Crippen LogP contribution is 2.31. The van der Waals surface area contributed by atoms with Crippen LogP contribution in [-0.4, -0.2) is 30.3 Å². The Balaban J connectivity index is 2.39. The Morgan fingerprint density at radius 2 is 2.25 bits per heavy atom. The maximum Gasteiger partial charge on any atom is 0.246 e. The maximum absolute atomic E-state index is 12.8. The van der Waals surface area contributed by atoms with Gasteiger partial charge in [-0.3, -0.25) is 0 Å². The summed E-state index contributed by atoms with van der Waals surface area (Å²) in [4.78, 5) is 4.02. The SMILES string of the molecule is CCCC1CCCCN1S(=O)(=O)c1cc(Br)cnc1Cl. The molecule has 0 N–H and O–H groups in total. The van der Waals surface area contributed by atoms with Crippen LogP contribution in [0.25, 0.3) is 0 Å². The maximum atomic E-state index is 12.8. The minimum Gasteiger partial charge on any atom is -0.242 e. The van der Waals surface area contributed by atoms with Crippen LogP contribution in [0.3, 0.4) is 0 Å². The first kappa shape index (κ1) is 16.2. The van der Waals surface area contributed by atoms with Gasteiger partial charge in [-0.25, -0.2) is 13.4 Å². The zero-order valence-electron chi connectivity index (χ0n) is 11.3. The zero-order valence-corrected chi connectivity index (χ0v) is 14.5. The molecule has 1 aliphatic rings. The highest BCUT2D eigenvalue weighted by molar-refractivity contribution is 9.10. The van der Waals surface area contributed by atoms with Crippen molar-refractivity contribution in [3.05, 3.63) is 21.9 Å². The van der Waals surface area contributed by atoms with Crippen molar-refractivity contribution in [1.82, 2.24) is 9.29 Å². The summed E-state index contributed by atoms with van der Waals surface area (Å²) < 4.78 is 27.9. The van der Waals surface area contributed by atoms with Gasteiger partial charge in [-0.1, -0.05) is 31.4 Å². The Kier molecular flexibility index (Phi) is 5.45. The van der Waals surface area contributed by atoms with E-state index in [1.165, 1.54) is 12.3 Å². The molecule has 0 aromatic carbocycles. The lowest BCUT2D eigenvalue weighted by molar-refractivity contribution is 0.239. The molecule has 112 valence electrons. The van der Waals surface area contributed by atoms with Gasteiger partial charge < -0.3 is 0 Å². The van der Waals surface area contributed by atoms with E-state index >= 15 is 0 Å². The Labute approximate surface area is 133 Å². The molecule has 0 bridgehead atoms. The fraction of sp³-hybridized carbons (Fsp3) is 0.615. The zero-order chi connectivity index (χ0) is 14.8. The molecule has 1 fully saturated rings. The predicted octanol–water partition coefficient (Wildman–Crippen LogP) is 3.84. The van der Waals surface area contributed by atoms with Gasteiger partial charge in [0, 0.05) is 23.3 Å². The lowest BCUT2D eigenvalue weighted by atomic mass is 10.0. The summed E-state index contributed by atoms with van der Waals surface area (Å²) >= 11 is 9.24. The molecule has 1 saturated heterocycles. The van der Waals surface area contributed by atoms with Crippen molar-refractivity contribution in [3.8, 4) is 0 Å². The largest absolute Gasteiger partial charge is 0.246 e. The second-order valence-corrected chi connectivity index (χ2v) is 8.13. The van der Waals surface area contributed by atoms with E-state index in [1.807, 2.05) is 0 Å². The average molecular weight is 382 g/mol. The molecule has 0 spiro atoms. The highest BCUT2D eigenvalue weighted by Gasteiger charge is 2.34. The van der Waals surface area contributed by atoms with Crippen LogP contribution in [0.15, 0.2) is 21.6 Å². The number of halogens is 2. The normalized spacial score (nSPS) is 21.1. The molecule has 1 atom stereocenters. The number of sulfonamides is 1. The Morgan fingerprint density at radius 3 is 2.95 bits per heavy atom. The Bertz CT molecular complexity index is 578. The van der Waals surface area contributed by atoms with Gasteiger partial charge in [0.1, 0.15) is 10.0 Å².